The van der Waals surface area contributed by atoms with E-state index in [1.54, 1.807) is 54.2 Å². The number of halogens is 3. The van der Waals surface area contributed by atoms with Gasteiger partial charge in [0.05, 0.1) is 11.9 Å². The molecule has 0 fully saturated rings. The van der Waals surface area contributed by atoms with Crippen molar-refractivity contribution in [2.75, 3.05) is 18.9 Å². The third-order valence-electron chi connectivity index (χ3n) is 4.93. The highest BCUT2D eigenvalue weighted by molar-refractivity contribution is 5.94. The molecule has 1 amide bonds. The average molecular weight is 455 g/mol. The van der Waals surface area contributed by atoms with E-state index in [9.17, 15) is 18.0 Å². The lowest BCUT2D eigenvalue weighted by Crippen LogP contribution is -2.18. The number of benzene rings is 2. The quantitative estimate of drug-likeness (QED) is 0.434. The Morgan fingerprint density at radius 2 is 1.82 bits per heavy atom. The molecule has 0 spiro atoms. The Kier molecular flexibility index (Phi) is 6.16. The Morgan fingerprint density at radius 3 is 2.55 bits per heavy atom. The molecule has 2 aromatic heterocycles. The van der Waals surface area contributed by atoms with Gasteiger partial charge in [-0.25, -0.2) is 9.50 Å². The van der Waals surface area contributed by atoms with Gasteiger partial charge in [-0.2, -0.15) is 0 Å². The van der Waals surface area contributed by atoms with Crippen molar-refractivity contribution in [1.29, 1.82) is 0 Å². The zero-order valence-corrected chi connectivity index (χ0v) is 17.6. The van der Waals surface area contributed by atoms with E-state index in [0.29, 0.717) is 35.6 Å². The van der Waals surface area contributed by atoms with Crippen molar-refractivity contribution < 1.29 is 22.7 Å². The molecule has 4 aromatic rings. The molecule has 2 heterocycles. The minimum atomic E-state index is -4.74. The van der Waals surface area contributed by atoms with E-state index < -0.39 is 6.36 Å². The first-order valence-corrected chi connectivity index (χ1v) is 10.1. The van der Waals surface area contributed by atoms with E-state index in [1.807, 2.05) is 12.1 Å². The Balaban J connectivity index is 1.49. The lowest BCUT2D eigenvalue weighted by atomic mass is 10.1. The van der Waals surface area contributed by atoms with Crippen LogP contribution in [0.4, 0.5) is 19.0 Å². The first-order chi connectivity index (χ1) is 15.8. The van der Waals surface area contributed by atoms with Gasteiger partial charge in [0.15, 0.2) is 5.65 Å². The normalized spacial score (nSPS) is 11.4. The van der Waals surface area contributed by atoms with Crippen molar-refractivity contribution in [3.63, 3.8) is 0 Å². The van der Waals surface area contributed by atoms with Crippen LogP contribution in [0.15, 0.2) is 66.9 Å². The van der Waals surface area contributed by atoms with Gasteiger partial charge in [-0.3, -0.25) is 4.79 Å². The van der Waals surface area contributed by atoms with Crippen LogP contribution in [0.3, 0.4) is 0 Å². The van der Waals surface area contributed by atoms with Crippen LogP contribution in [0, 0.1) is 0 Å². The topological polar surface area (TPSA) is 80.5 Å². The molecule has 7 nitrogen and oxygen atoms in total. The molecule has 0 saturated carbocycles. The lowest BCUT2D eigenvalue weighted by molar-refractivity contribution is -0.274. The van der Waals surface area contributed by atoms with Crippen LogP contribution >= 0.6 is 0 Å². The van der Waals surface area contributed by atoms with Crippen molar-refractivity contribution in [3.8, 4) is 17.0 Å². The highest BCUT2D eigenvalue weighted by Gasteiger charge is 2.31. The summed E-state index contributed by atoms with van der Waals surface area (Å²) in [6.07, 6.45) is -2.75. The molecule has 0 aliphatic carbocycles. The number of amides is 1. The third kappa shape index (κ3) is 5.22. The number of para-hydroxylation sites is 1. The summed E-state index contributed by atoms with van der Waals surface area (Å²) in [7, 11) is 1.57. The third-order valence-corrected chi connectivity index (χ3v) is 4.93. The van der Waals surface area contributed by atoms with Gasteiger partial charge in [0.2, 0.25) is 0 Å². The second-order valence-electron chi connectivity index (χ2n) is 7.12. The number of carbonyl (C=O) groups is 1. The molecule has 0 unspecified atom stereocenters. The summed E-state index contributed by atoms with van der Waals surface area (Å²) < 4.78 is 43.6. The van der Waals surface area contributed by atoms with Crippen molar-refractivity contribution in [1.82, 2.24) is 19.9 Å². The number of rotatable bonds is 7. The highest BCUT2D eigenvalue weighted by atomic mass is 19.4. The Bertz CT molecular complexity index is 1270. The van der Waals surface area contributed by atoms with Crippen molar-refractivity contribution >= 4 is 17.4 Å². The number of imidazole rings is 1. The van der Waals surface area contributed by atoms with Crippen LogP contribution in [0.5, 0.6) is 5.75 Å². The molecule has 170 valence electrons. The molecule has 0 aliphatic heterocycles. The molecule has 0 bridgehead atoms. The lowest BCUT2D eigenvalue weighted by Gasteiger charge is -2.13. The van der Waals surface area contributed by atoms with Crippen LogP contribution in [-0.4, -0.2) is 40.5 Å². The van der Waals surface area contributed by atoms with Gasteiger partial charge in [0.25, 0.3) is 5.91 Å². The van der Waals surface area contributed by atoms with E-state index in [2.05, 4.69) is 25.5 Å². The van der Waals surface area contributed by atoms with Gasteiger partial charge in [-0.15, -0.1) is 18.3 Å². The summed E-state index contributed by atoms with van der Waals surface area (Å²) in [6.45, 7) is 0.349. The van der Waals surface area contributed by atoms with Crippen molar-refractivity contribution in [2.45, 2.75) is 12.8 Å². The zero-order valence-electron chi connectivity index (χ0n) is 17.6. The molecule has 0 saturated heterocycles. The van der Waals surface area contributed by atoms with Gasteiger partial charge in [-0.1, -0.05) is 30.3 Å². The van der Waals surface area contributed by atoms with Crippen molar-refractivity contribution in [2.24, 2.45) is 0 Å². The first-order valence-electron chi connectivity index (χ1n) is 10.1. The number of hydrogen-bond acceptors (Lipinski definition) is 5. The number of carbonyl (C=O) groups excluding carboxylic acids is 1. The largest absolute Gasteiger partial charge is 0.573 e. The molecule has 2 aromatic carbocycles. The average Bonchev–Trinajstić information content (AvgIpc) is 3.22. The smallest absolute Gasteiger partial charge is 0.406 e. The van der Waals surface area contributed by atoms with Gasteiger partial charge in [0, 0.05) is 24.7 Å². The summed E-state index contributed by atoms with van der Waals surface area (Å²) in [5.74, 6) is 0.150. The van der Waals surface area contributed by atoms with E-state index >= 15 is 0 Å². The number of fused-ring (bicyclic) bond motifs is 1. The van der Waals surface area contributed by atoms with Crippen LogP contribution in [0.2, 0.25) is 0 Å². The number of hydrogen-bond donors (Lipinski definition) is 2. The molecular weight excluding hydrogens is 435 g/mol. The van der Waals surface area contributed by atoms with Crippen LogP contribution < -0.4 is 15.4 Å². The second-order valence-corrected chi connectivity index (χ2v) is 7.12. The van der Waals surface area contributed by atoms with E-state index in [0.717, 1.165) is 11.3 Å². The number of aromatic nitrogens is 3. The molecule has 4 rings (SSSR count). The summed E-state index contributed by atoms with van der Waals surface area (Å²) in [5, 5.41) is 10.3. The fraction of sp³-hybridized carbons (Fsp3) is 0.174. The minimum absolute atomic E-state index is 0.175. The Labute approximate surface area is 187 Å². The standard InChI is InChI=1S/C23H20F3N5O2/c1-27-22(32)17-8-6-15(7-9-17)18-14-29-21-11-10-20(30-31(18)21)28-13-12-16-4-2-3-5-19(16)33-23(24,25)26/h2-11,14H,12-13H2,1H3,(H,27,32)(H,28,30). The fourth-order valence-electron chi connectivity index (χ4n) is 3.36. The van der Waals surface area contributed by atoms with Gasteiger partial charge < -0.3 is 15.4 Å². The monoisotopic (exact) mass is 455 g/mol. The predicted octanol–water partition coefficient (Wildman–Crippen LogP) is 4.31. The molecule has 0 atom stereocenters. The molecule has 0 radical (unpaired) electrons. The van der Waals surface area contributed by atoms with E-state index in [4.69, 9.17) is 0 Å². The Morgan fingerprint density at radius 1 is 1.06 bits per heavy atom. The van der Waals surface area contributed by atoms with Gasteiger partial charge in [0.1, 0.15) is 11.6 Å². The summed E-state index contributed by atoms with van der Waals surface area (Å²) in [5.41, 5.74) is 3.18. The van der Waals surface area contributed by atoms with Gasteiger partial charge >= 0.3 is 6.36 Å². The van der Waals surface area contributed by atoms with Crippen LogP contribution in [0.1, 0.15) is 15.9 Å². The maximum atomic E-state index is 12.6. The van der Waals surface area contributed by atoms with Crippen molar-refractivity contribution in [3.05, 3.63) is 78.0 Å². The zero-order chi connectivity index (χ0) is 23.4. The molecule has 33 heavy (non-hydrogen) atoms. The van der Waals surface area contributed by atoms with E-state index in [-0.39, 0.29) is 11.7 Å². The number of ether oxygens (including phenoxy) is 1. The maximum absolute atomic E-state index is 12.6. The second kappa shape index (κ2) is 9.19. The Hall–Kier alpha value is -4.08. The van der Waals surface area contributed by atoms with Gasteiger partial charge in [-0.05, 0) is 42.3 Å². The summed E-state index contributed by atoms with van der Waals surface area (Å²) in [4.78, 5) is 16.1. The SMILES string of the molecule is CNC(=O)c1ccc(-c2cnc3ccc(NCCc4ccccc4OC(F)(F)F)nn23)cc1. The molecule has 0 aliphatic rings. The molecule has 2 N–H and O–H groups in total. The summed E-state index contributed by atoms with van der Waals surface area (Å²) in [6, 6.07) is 16.6. The molecular formula is C23H20F3N5O2. The summed E-state index contributed by atoms with van der Waals surface area (Å²) >= 11 is 0. The fourth-order valence-corrected chi connectivity index (χ4v) is 3.36. The number of anilines is 1. The minimum Gasteiger partial charge on any atom is -0.406 e. The highest BCUT2D eigenvalue weighted by Crippen LogP contribution is 2.26. The molecule has 10 heteroatoms. The number of nitrogens with zero attached hydrogens (tertiary/aromatic N) is 3. The van der Waals surface area contributed by atoms with Crippen LogP contribution in [0.25, 0.3) is 16.9 Å². The first kappa shape index (κ1) is 22.1. The van der Waals surface area contributed by atoms with E-state index in [1.165, 1.54) is 12.1 Å². The maximum Gasteiger partial charge on any atom is 0.573 e. The number of nitrogens with one attached hydrogen (secondary N) is 2. The predicted molar refractivity (Wildman–Crippen MR) is 117 cm³/mol. The van der Waals surface area contributed by atoms with Crippen LogP contribution in [-0.2, 0) is 6.42 Å². The number of alkyl halides is 3.